The number of para-hydroxylation sites is 1. The van der Waals surface area contributed by atoms with E-state index in [1.165, 1.54) is 0 Å². The first-order chi connectivity index (χ1) is 9.15. The first kappa shape index (κ1) is 12.2. The van der Waals surface area contributed by atoms with Crippen LogP contribution in [0.2, 0.25) is 0 Å². The van der Waals surface area contributed by atoms with Crippen molar-refractivity contribution >= 4 is 22.3 Å². The average molecular weight is 257 g/mol. The zero-order valence-corrected chi connectivity index (χ0v) is 11.1. The average Bonchev–Trinajstić information content (AvgIpc) is 2.37. The van der Waals surface area contributed by atoms with Crippen LogP contribution in [-0.2, 0) is 0 Å². The lowest BCUT2D eigenvalue weighted by atomic mass is 9.82. The van der Waals surface area contributed by atoms with E-state index < -0.39 is 0 Å². The second kappa shape index (κ2) is 4.70. The summed E-state index contributed by atoms with van der Waals surface area (Å²) in [6, 6.07) is 7.92. The Labute approximate surface area is 112 Å². The molecular formula is C15H19N3O. The van der Waals surface area contributed by atoms with Crippen LogP contribution < -0.4 is 10.6 Å². The van der Waals surface area contributed by atoms with Crippen LogP contribution >= 0.6 is 0 Å². The third-order valence-electron chi connectivity index (χ3n) is 3.93. The molecule has 1 aliphatic carbocycles. The minimum Gasteiger partial charge on any atom is -0.397 e. The van der Waals surface area contributed by atoms with Gasteiger partial charge in [0.25, 0.3) is 0 Å². The highest BCUT2D eigenvalue weighted by Gasteiger charge is 2.28. The van der Waals surface area contributed by atoms with Crippen molar-refractivity contribution in [1.29, 1.82) is 0 Å². The van der Waals surface area contributed by atoms with Crippen LogP contribution in [0.25, 0.3) is 10.9 Å². The summed E-state index contributed by atoms with van der Waals surface area (Å²) in [4.78, 5) is 6.59. The smallest absolute Gasteiger partial charge is 0.0951 e. The molecule has 0 unspecified atom stereocenters. The minimum absolute atomic E-state index is 0.0942. The second-order valence-electron chi connectivity index (χ2n) is 5.45. The predicted octanol–water partition coefficient (Wildman–Crippen LogP) is 2.02. The molecule has 19 heavy (non-hydrogen) atoms. The largest absolute Gasteiger partial charge is 0.397 e. The number of aliphatic hydroxyl groups excluding tert-OH is 1. The van der Waals surface area contributed by atoms with Gasteiger partial charge in [0.15, 0.2) is 0 Å². The summed E-state index contributed by atoms with van der Waals surface area (Å²) >= 11 is 0. The summed E-state index contributed by atoms with van der Waals surface area (Å²) in [6.45, 7) is 0.963. The topological polar surface area (TPSA) is 62.4 Å². The molecule has 100 valence electrons. The summed E-state index contributed by atoms with van der Waals surface area (Å²) in [5.74, 6) is 0.587. The number of nitrogens with zero attached hydrogens (tertiary/aromatic N) is 2. The first-order valence-electron chi connectivity index (χ1n) is 6.67. The highest BCUT2D eigenvalue weighted by atomic mass is 16.3. The third kappa shape index (κ3) is 2.24. The molecule has 1 fully saturated rings. The van der Waals surface area contributed by atoms with Gasteiger partial charge in [-0.2, -0.15) is 0 Å². The maximum Gasteiger partial charge on any atom is 0.0951 e. The molecule has 0 radical (unpaired) electrons. The molecule has 1 heterocycles. The summed E-state index contributed by atoms with van der Waals surface area (Å²) < 4.78 is 0. The summed E-state index contributed by atoms with van der Waals surface area (Å²) in [5, 5.41) is 10.5. The fourth-order valence-electron chi connectivity index (χ4n) is 2.85. The minimum atomic E-state index is -0.0942. The number of nitrogens with two attached hydrogens (primary N) is 1. The van der Waals surface area contributed by atoms with Gasteiger partial charge < -0.3 is 15.7 Å². The number of nitrogen functional groups attached to an aromatic ring is 1. The highest BCUT2D eigenvalue weighted by molar-refractivity contribution is 5.97. The second-order valence-corrected chi connectivity index (χ2v) is 5.45. The molecule has 4 heteroatoms. The van der Waals surface area contributed by atoms with Gasteiger partial charge in [-0.1, -0.05) is 12.1 Å². The van der Waals surface area contributed by atoms with Crippen LogP contribution in [0.3, 0.4) is 0 Å². The molecular weight excluding hydrogens is 238 g/mol. The van der Waals surface area contributed by atoms with Crippen molar-refractivity contribution in [3.8, 4) is 0 Å². The molecule has 3 N–H and O–H groups in total. The number of aliphatic hydroxyl groups is 1. The Hall–Kier alpha value is -1.81. The van der Waals surface area contributed by atoms with Crippen LogP contribution in [0.4, 0.5) is 11.4 Å². The van der Waals surface area contributed by atoms with E-state index in [1.54, 1.807) is 6.20 Å². The number of benzene rings is 1. The molecule has 1 aliphatic rings. The standard InChI is InChI=1S/C15H19N3O/c1-18(9-10-7-11(19)8-10)14-5-6-17-15-12(14)3-2-4-13(15)16/h2-6,10-11,19H,7-9,16H2,1H3. The van der Waals surface area contributed by atoms with Gasteiger partial charge in [-0.05, 0) is 30.9 Å². The lowest BCUT2D eigenvalue weighted by Crippen LogP contribution is -2.37. The van der Waals surface area contributed by atoms with Crippen molar-refractivity contribution < 1.29 is 5.11 Å². The Bertz CT molecular complexity index is 593. The molecule has 0 saturated heterocycles. The summed E-state index contributed by atoms with van der Waals surface area (Å²) in [6.07, 6.45) is 3.54. The lowest BCUT2D eigenvalue weighted by molar-refractivity contribution is 0.0465. The van der Waals surface area contributed by atoms with Crippen molar-refractivity contribution in [2.24, 2.45) is 5.92 Å². The Balaban J connectivity index is 1.89. The Morgan fingerprint density at radius 3 is 2.89 bits per heavy atom. The maximum absolute atomic E-state index is 9.36. The van der Waals surface area contributed by atoms with Crippen LogP contribution in [0.15, 0.2) is 30.5 Å². The van der Waals surface area contributed by atoms with Crippen LogP contribution in [-0.4, -0.2) is 29.8 Å². The number of hydrogen-bond donors (Lipinski definition) is 2. The van der Waals surface area contributed by atoms with Crippen LogP contribution in [0.1, 0.15) is 12.8 Å². The van der Waals surface area contributed by atoms with Gasteiger partial charge >= 0.3 is 0 Å². The van der Waals surface area contributed by atoms with Crippen LogP contribution in [0, 0.1) is 5.92 Å². The summed E-state index contributed by atoms with van der Waals surface area (Å²) in [5.41, 5.74) is 8.70. The predicted molar refractivity (Wildman–Crippen MR) is 78.2 cm³/mol. The van der Waals surface area contributed by atoms with E-state index in [4.69, 9.17) is 5.73 Å². The van der Waals surface area contributed by atoms with E-state index in [-0.39, 0.29) is 6.10 Å². The van der Waals surface area contributed by atoms with Crippen molar-refractivity contribution in [2.45, 2.75) is 18.9 Å². The fourth-order valence-corrected chi connectivity index (χ4v) is 2.85. The Morgan fingerprint density at radius 2 is 2.16 bits per heavy atom. The quantitative estimate of drug-likeness (QED) is 0.826. The third-order valence-corrected chi connectivity index (χ3v) is 3.93. The molecule has 4 nitrogen and oxygen atoms in total. The van der Waals surface area contributed by atoms with Crippen molar-refractivity contribution in [3.63, 3.8) is 0 Å². The number of pyridine rings is 1. The Morgan fingerprint density at radius 1 is 1.37 bits per heavy atom. The van der Waals surface area contributed by atoms with E-state index in [0.717, 1.165) is 36.0 Å². The molecule has 1 saturated carbocycles. The SMILES string of the molecule is CN(CC1CC(O)C1)c1ccnc2c(N)cccc12. The van der Waals surface area contributed by atoms with Gasteiger partial charge in [-0.15, -0.1) is 0 Å². The summed E-state index contributed by atoms with van der Waals surface area (Å²) in [7, 11) is 2.09. The molecule has 1 aromatic carbocycles. The van der Waals surface area contributed by atoms with E-state index in [9.17, 15) is 5.11 Å². The Kier molecular flexibility index (Phi) is 3.03. The van der Waals surface area contributed by atoms with E-state index in [0.29, 0.717) is 11.6 Å². The monoisotopic (exact) mass is 257 g/mol. The molecule has 0 atom stereocenters. The molecule has 2 aromatic rings. The van der Waals surface area contributed by atoms with Crippen molar-refractivity contribution in [1.82, 2.24) is 4.98 Å². The molecule has 0 spiro atoms. The number of hydrogen-bond acceptors (Lipinski definition) is 4. The molecule has 0 amide bonds. The molecule has 0 bridgehead atoms. The maximum atomic E-state index is 9.36. The number of anilines is 2. The van der Waals surface area contributed by atoms with Crippen LogP contribution in [0.5, 0.6) is 0 Å². The molecule has 1 aromatic heterocycles. The van der Waals surface area contributed by atoms with E-state index in [1.807, 2.05) is 18.2 Å². The first-order valence-corrected chi connectivity index (χ1v) is 6.67. The highest BCUT2D eigenvalue weighted by Crippen LogP contribution is 2.32. The normalized spacial score (nSPS) is 22.2. The fraction of sp³-hybridized carbons (Fsp3) is 0.400. The number of rotatable bonds is 3. The van der Waals surface area contributed by atoms with Gasteiger partial charge in [0.2, 0.25) is 0 Å². The van der Waals surface area contributed by atoms with E-state index >= 15 is 0 Å². The van der Waals surface area contributed by atoms with E-state index in [2.05, 4.69) is 23.0 Å². The zero-order valence-electron chi connectivity index (χ0n) is 11.1. The van der Waals surface area contributed by atoms with Crippen molar-refractivity contribution in [2.75, 3.05) is 24.2 Å². The van der Waals surface area contributed by atoms with Gasteiger partial charge in [0.05, 0.1) is 17.3 Å². The molecule has 3 rings (SSSR count). The van der Waals surface area contributed by atoms with Gasteiger partial charge in [0.1, 0.15) is 0 Å². The van der Waals surface area contributed by atoms with Crippen molar-refractivity contribution in [3.05, 3.63) is 30.5 Å². The van der Waals surface area contributed by atoms with Gasteiger partial charge in [-0.3, -0.25) is 4.98 Å². The van der Waals surface area contributed by atoms with Gasteiger partial charge in [0, 0.05) is 30.9 Å². The van der Waals surface area contributed by atoms with Gasteiger partial charge in [-0.25, -0.2) is 0 Å². The number of fused-ring (bicyclic) bond motifs is 1. The molecule has 0 aliphatic heterocycles. The lowest BCUT2D eigenvalue weighted by Gasteiger charge is -2.35. The number of aromatic nitrogens is 1. The zero-order chi connectivity index (χ0) is 13.4.